The predicted octanol–water partition coefficient (Wildman–Crippen LogP) is 5.44. The maximum Gasteiger partial charge on any atom is 0.236 e. The SMILES string of the molecule is CC(C)n1c(SCC(=O)Nc2nc(-c3ccccc3)cs2)nnc1-c1cccs1. The molecule has 29 heavy (non-hydrogen) atoms. The van der Waals surface area contributed by atoms with Crippen LogP contribution < -0.4 is 5.32 Å². The lowest BCUT2D eigenvalue weighted by atomic mass is 10.2. The van der Waals surface area contributed by atoms with E-state index in [9.17, 15) is 4.79 Å². The average Bonchev–Trinajstić information content (AvgIpc) is 3.47. The van der Waals surface area contributed by atoms with Crippen LogP contribution in [0.2, 0.25) is 0 Å². The minimum atomic E-state index is -0.111. The summed E-state index contributed by atoms with van der Waals surface area (Å²) in [6.45, 7) is 4.18. The Morgan fingerprint density at radius 2 is 1.97 bits per heavy atom. The molecule has 0 saturated carbocycles. The number of carbonyl (C=O) groups excluding carboxylic acids is 1. The lowest BCUT2D eigenvalue weighted by Gasteiger charge is -2.12. The van der Waals surface area contributed by atoms with Crippen LogP contribution in [0.4, 0.5) is 5.13 Å². The molecular formula is C20H19N5OS3. The van der Waals surface area contributed by atoms with Crippen molar-refractivity contribution in [2.45, 2.75) is 25.0 Å². The van der Waals surface area contributed by atoms with Gasteiger partial charge in [-0.15, -0.1) is 32.9 Å². The van der Waals surface area contributed by atoms with Gasteiger partial charge >= 0.3 is 0 Å². The van der Waals surface area contributed by atoms with Crippen molar-refractivity contribution in [2.75, 3.05) is 11.1 Å². The third-order valence-corrected chi connectivity index (χ3v) is 6.64. The molecular weight excluding hydrogens is 422 g/mol. The highest BCUT2D eigenvalue weighted by Crippen LogP contribution is 2.30. The van der Waals surface area contributed by atoms with E-state index in [2.05, 4.69) is 38.9 Å². The van der Waals surface area contributed by atoms with Gasteiger partial charge in [0.15, 0.2) is 16.1 Å². The molecule has 0 aliphatic carbocycles. The quantitative estimate of drug-likeness (QED) is 0.387. The topological polar surface area (TPSA) is 72.7 Å². The molecule has 6 nitrogen and oxygen atoms in total. The molecule has 0 aliphatic heterocycles. The number of thioether (sulfide) groups is 1. The van der Waals surface area contributed by atoms with Crippen LogP contribution in [0.25, 0.3) is 22.0 Å². The predicted molar refractivity (Wildman–Crippen MR) is 121 cm³/mol. The van der Waals surface area contributed by atoms with Crippen molar-refractivity contribution in [2.24, 2.45) is 0 Å². The molecule has 4 rings (SSSR count). The molecule has 0 unspecified atom stereocenters. The summed E-state index contributed by atoms with van der Waals surface area (Å²) >= 11 is 4.43. The Morgan fingerprint density at radius 3 is 2.69 bits per heavy atom. The third-order valence-electron chi connectivity index (χ3n) is 4.07. The van der Waals surface area contributed by atoms with Gasteiger partial charge in [-0.25, -0.2) is 4.98 Å². The molecule has 0 bridgehead atoms. The molecule has 4 aromatic rings. The first kappa shape index (κ1) is 19.8. The summed E-state index contributed by atoms with van der Waals surface area (Å²) in [5, 5.41) is 16.8. The summed E-state index contributed by atoms with van der Waals surface area (Å²) in [5.74, 6) is 0.973. The van der Waals surface area contributed by atoms with E-state index >= 15 is 0 Å². The average molecular weight is 442 g/mol. The van der Waals surface area contributed by atoms with Gasteiger partial charge in [0.05, 0.1) is 16.3 Å². The largest absolute Gasteiger partial charge is 0.301 e. The van der Waals surface area contributed by atoms with Crippen molar-refractivity contribution >= 4 is 45.5 Å². The Labute approximate surface area is 181 Å². The number of amides is 1. The van der Waals surface area contributed by atoms with Crippen molar-refractivity contribution < 1.29 is 4.79 Å². The van der Waals surface area contributed by atoms with Gasteiger partial charge in [0, 0.05) is 17.0 Å². The van der Waals surface area contributed by atoms with Crippen LogP contribution in [-0.2, 0) is 4.79 Å². The van der Waals surface area contributed by atoms with Gasteiger partial charge in [0.1, 0.15) is 0 Å². The zero-order valence-electron chi connectivity index (χ0n) is 15.9. The lowest BCUT2D eigenvalue weighted by molar-refractivity contribution is -0.113. The molecule has 1 N–H and O–H groups in total. The first-order valence-corrected chi connectivity index (χ1v) is 11.8. The van der Waals surface area contributed by atoms with Crippen LogP contribution in [0.1, 0.15) is 19.9 Å². The van der Waals surface area contributed by atoms with Crippen LogP contribution in [0.5, 0.6) is 0 Å². The van der Waals surface area contributed by atoms with Gasteiger partial charge < -0.3 is 5.32 Å². The number of thiophene rings is 1. The van der Waals surface area contributed by atoms with Crippen molar-refractivity contribution in [1.29, 1.82) is 0 Å². The number of rotatable bonds is 7. The van der Waals surface area contributed by atoms with E-state index < -0.39 is 0 Å². The number of hydrogen-bond donors (Lipinski definition) is 1. The number of benzene rings is 1. The van der Waals surface area contributed by atoms with Gasteiger partial charge in [-0.3, -0.25) is 9.36 Å². The van der Waals surface area contributed by atoms with E-state index in [0.29, 0.717) is 5.13 Å². The van der Waals surface area contributed by atoms with Gasteiger partial charge in [0.25, 0.3) is 0 Å². The normalized spacial score (nSPS) is 11.1. The van der Waals surface area contributed by atoms with Crippen LogP contribution in [0, 0.1) is 0 Å². The molecule has 1 aromatic carbocycles. The van der Waals surface area contributed by atoms with E-state index in [-0.39, 0.29) is 17.7 Å². The standard InChI is InChI=1S/C20H19N5OS3/c1-13(2)25-18(16-9-6-10-27-16)23-24-20(25)29-12-17(26)22-19-21-15(11-28-19)14-7-4-3-5-8-14/h3-11,13H,12H2,1-2H3,(H,21,22,26). The summed E-state index contributed by atoms with van der Waals surface area (Å²) < 4.78 is 2.07. The molecule has 9 heteroatoms. The number of hydrogen-bond acceptors (Lipinski definition) is 7. The lowest BCUT2D eigenvalue weighted by Crippen LogP contribution is -2.14. The summed E-state index contributed by atoms with van der Waals surface area (Å²) in [6.07, 6.45) is 0. The van der Waals surface area contributed by atoms with Crippen molar-refractivity contribution in [3.05, 3.63) is 53.2 Å². The van der Waals surface area contributed by atoms with E-state index in [1.807, 2.05) is 53.2 Å². The van der Waals surface area contributed by atoms with Gasteiger partial charge in [-0.1, -0.05) is 48.2 Å². The summed E-state index contributed by atoms with van der Waals surface area (Å²) in [4.78, 5) is 18.0. The van der Waals surface area contributed by atoms with E-state index in [0.717, 1.165) is 27.1 Å². The Morgan fingerprint density at radius 1 is 1.14 bits per heavy atom. The van der Waals surface area contributed by atoms with E-state index in [1.165, 1.54) is 23.1 Å². The Hall–Kier alpha value is -2.49. The molecule has 0 spiro atoms. The van der Waals surface area contributed by atoms with E-state index in [4.69, 9.17) is 0 Å². The second kappa shape index (κ2) is 8.89. The number of anilines is 1. The summed E-state index contributed by atoms with van der Waals surface area (Å²) in [6, 6.07) is 14.1. The van der Waals surface area contributed by atoms with Gasteiger partial charge in [0.2, 0.25) is 5.91 Å². The second-order valence-electron chi connectivity index (χ2n) is 6.49. The maximum atomic E-state index is 12.4. The number of aromatic nitrogens is 4. The monoisotopic (exact) mass is 441 g/mol. The van der Waals surface area contributed by atoms with Gasteiger partial charge in [-0.2, -0.15) is 0 Å². The fourth-order valence-electron chi connectivity index (χ4n) is 2.77. The summed E-state index contributed by atoms with van der Waals surface area (Å²) in [5.41, 5.74) is 1.89. The molecule has 0 atom stereocenters. The molecule has 0 fully saturated rings. The number of carbonyl (C=O) groups is 1. The Kier molecular flexibility index (Phi) is 6.08. The van der Waals surface area contributed by atoms with Crippen LogP contribution in [-0.4, -0.2) is 31.4 Å². The zero-order chi connectivity index (χ0) is 20.2. The first-order chi connectivity index (χ1) is 14.1. The molecule has 3 aromatic heterocycles. The number of nitrogens with zero attached hydrogens (tertiary/aromatic N) is 4. The number of nitrogens with one attached hydrogen (secondary N) is 1. The van der Waals surface area contributed by atoms with Crippen LogP contribution >= 0.6 is 34.4 Å². The molecule has 0 aliphatic rings. The zero-order valence-corrected chi connectivity index (χ0v) is 18.4. The molecule has 3 heterocycles. The van der Waals surface area contributed by atoms with Crippen LogP contribution in [0.15, 0.2) is 58.4 Å². The fourth-order valence-corrected chi connectivity index (χ4v) is 5.08. The minimum Gasteiger partial charge on any atom is -0.301 e. The van der Waals surface area contributed by atoms with Crippen molar-refractivity contribution in [3.63, 3.8) is 0 Å². The highest BCUT2D eigenvalue weighted by atomic mass is 32.2. The Balaban J connectivity index is 1.41. The maximum absolute atomic E-state index is 12.4. The highest BCUT2D eigenvalue weighted by Gasteiger charge is 2.18. The van der Waals surface area contributed by atoms with E-state index in [1.54, 1.807) is 11.3 Å². The van der Waals surface area contributed by atoms with Crippen LogP contribution in [0.3, 0.4) is 0 Å². The van der Waals surface area contributed by atoms with Gasteiger partial charge in [-0.05, 0) is 25.3 Å². The molecule has 1 amide bonds. The summed E-state index contributed by atoms with van der Waals surface area (Å²) in [7, 11) is 0. The first-order valence-electron chi connectivity index (χ1n) is 9.04. The molecule has 0 radical (unpaired) electrons. The fraction of sp³-hybridized carbons (Fsp3) is 0.200. The molecule has 148 valence electrons. The Bertz CT molecular complexity index is 1090. The smallest absolute Gasteiger partial charge is 0.236 e. The number of thiazole rings is 1. The minimum absolute atomic E-state index is 0.111. The third kappa shape index (κ3) is 4.58. The highest BCUT2D eigenvalue weighted by molar-refractivity contribution is 7.99. The second-order valence-corrected chi connectivity index (χ2v) is 9.24. The van der Waals surface area contributed by atoms with Crippen molar-refractivity contribution in [3.8, 4) is 22.0 Å². The van der Waals surface area contributed by atoms with Crippen molar-refractivity contribution in [1.82, 2.24) is 19.7 Å². The molecule has 0 saturated heterocycles.